The molecule has 1 aromatic rings. The molecule has 0 aromatic carbocycles. The summed E-state index contributed by atoms with van der Waals surface area (Å²) >= 11 is 0. The van der Waals surface area contributed by atoms with Crippen LogP contribution in [0.25, 0.3) is 0 Å². The van der Waals surface area contributed by atoms with Crippen LogP contribution in [0.5, 0.6) is 0 Å². The molecular formula is C16H25N3O4. The molecule has 2 amide bonds. The summed E-state index contributed by atoms with van der Waals surface area (Å²) in [5.74, 6) is 0.713. The first-order valence-corrected chi connectivity index (χ1v) is 8.35. The molecular weight excluding hydrogens is 298 g/mol. The quantitative estimate of drug-likeness (QED) is 0.901. The number of ether oxygens (including phenoxy) is 2. The topological polar surface area (TPSA) is 76.8 Å². The zero-order valence-corrected chi connectivity index (χ0v) is 13.8. The number of anilines is 1. The molecule has 3 rings (SSSR count). The molecule has 0 aliphatic carbocycles. The zero-order valence-electron chi connectivity index (χ0n) is 13.8. The lowest BCUT2D eigenvalue weighted by molar-refractivity contribution is 0.0523. The maximum absolute atomic E-state index is 12.6. The summed E-state index contributed by atoms with van der Waals surface area (Å²) in [6.45, 7) is 6.38. The Labute approximate surface area is 136 Å². The second-order valence-electron chi connectivity index (χ2n) is 6.27. The van der Waals surface area contributed by atoms with E-state index in [2.05, 4.69) is 10.3 Å². The number of carbonyl (C=O) groups excluding carboxylic acids is 1. The second kappa shape index (κ2) is 7.31. The van der Waals surface area contributed by atoms with Crippen LogP contribution >= 0.6 is 0 Å². The van der Waals surface area contributed by atoms with E-state index in [1.165, 1.54) is 0 Å². The molecule has 128 valence electrons. The van der Waals surface area contributed by atoms with Gasteiger partial charge in [0, 0.05) is 26.3 Å². The van der Waals surface area contributed by atoms with E-state index in [4.69, 9.17) is 13.9 Å². The van der Waals surface area contributed by atoms with Crippen molar-refractivity contribution in [3.8, 4) is 0 Å². The van der Waals surface area contributed by atoms with Crippen LogP contribution in [0.4, 0.5) is 10.8 Å². The van der Waals surface area contributed by atoms with Crippen molar-refractivity contribution in [1.82, 2.24) is 9.88 Å². The minimum absolute atomic E-state index is 0.107. The van der Waals surface area contributed by atoms with Crippen molar-refractivity contribution in [2.45, 2.75) is 51.7 Å². The standard InChI is InChI=1S/C16H25N3O4/c1-11-12(2)23-15(17-11)18-16(20)19(9-13-5-3-7-21-13)10-14-6-4-8-22-14/h13-14H,3-10H2,1-2H3,(H,17,18,20)/t13-,14-/m0/s1. The number of oxazole rings is 1. The Morgan fingerprint density at radius 2 is 1.78 bits per heavy atom. The third kappa shape index (κ3) is 4.23. The van der Waals surface area contributed by atoms with Crippen LogP contribution in [0.2, 0.25) is 0 Å². The summed E-state index contributed by atoms with van der Waals surface area (Å²) < 4.78 is 16.8. The molecule has 2 fully saturated rings. The molecule has 0 spiro atoms. The molecule has 23 heavy (non-hydrogen) atoms. The molecule has 2 atom stereocenters. The molecule has 7 nitrogen and oxygen atoms in total. The Balaban J connectivity index is 1.63. The van der Waals surface area contributed by atoms with Gasteiger partial charge in [0.2, 0.25) is 0 Å². The van der Waals surface area contributed by atoms with E-state index in [0.29, 0.717) is 18.8 Å². The van der Waals surface area contributed by atoms with Crippen molar-refractivity contribution in [3.63, 3.8) is 0 Å². The molecule has 0 saturated carbocycles. The van der Waals surface area contributed by atoms with Gasteiger partial charge in [-0.1, -0.05) is 0 Å². The van der Waals surface area contributed by atoms with Crippen molar-refractivity contribution in [1.29, 1.82) is 0 Å². The summed E-state index contributed by atoms with van der Waals surface area (Å²) in [5, 5.41) is 2.75. The maximum atomic E-state index is 12.6. The number of nitrogens with one attached hydrogen (secondary N) is 1. The molecule has 0 radical (unpaired) electrons. The number of carbonyl (C=O) groups is 1. The first-order valence-electron chi connectivity index (χ1n) is 8.35. The normalized spacial score (nSPS) is 24.1. The number of urea groups is 1. The first-order chi connectivity index (χ1) is 11.1. The van der Waals surface area contributed by atoms with Crippen molar-refractivity contribution in [2.75, 3.05) is 31.6 Å². The number of nitrogens with zero attached hydrogens (tertiary/aromatic N) is 2. The second-order valence-corrected chi connectivity index (χ2v) is 6.27. The van der Waals surface area contributed by atoms with Gasteiger partial charge in [-0.2, -0.15) is 4.98 Å². The lowest BCUT2D eigenvalue weighted by Gasteiger charge is -2.27. The molecule has 3 heterocycles. The van der Waals surface area contributed by atoms with Crippen LogP contribution in [0, 0.1) is 13.8 Å². The summed E-state index contributed by atoms with van der Waals surface area (Å²) in [5.41, 5.74) is 0.783. The van der Waals surface area contributed by atoms with Crippen molar-refractivity contribution in [2.24, 2.45) is 0 Å². The van der Waals surface area contributed by atoms with E-state index in [1.807, 2.05) is 13.8 Å². The monoisotopic (exact) mass is 323 g/mol. The van der Waals surface area contributed by atoms with Crippen LogP contribution in [0.3, 0.4) is 0 Å². The van der Waals surface area contributed by atoms with Gasteiger partial charge in [0.15, 0.2) is 0 Å². The van der Waals surface area contributed by atoms with Gasteiger partial charge in [-0.3, -0.25) is 5.32 Å². The van der Waals surface area contributed by atoms with Crippen LogP contribution in [-0.4, -0.2) is 54.4 Å². The Kier molecular flexibility index (Phi) is 5.17. The number of amides is 2. The highest BCUT2D eigenvalue weighted by Gasteiger charge is 2.27. The van der Waals surface area contributed by atoms with Gasteiger partial charge in [0.25, 0.3) is 0 Å². The Hall–Kier alpha value is -1.60. The molecule has 2 aliphatic rings. The van der Waals surface area contributed by atoms with E-state index >= 15 is 0 Å². The highest BCUT2D eigenvalue weighted by atomic mass is 16.5. The fraction of sp³-hybridized carbons (Fsp3) is 0.750. The lowest BCUT2D eigenvalue weighted by atomic mass is 10.2. The average Bonchev–Trinajstić information content (AvgIpc) is 3.23. The number of aromatic nitrogens is 1. The number of rotatable bonds is 5. The smallest absolute Gasteiger partial charge is 0.325 e. The Bertz CT molecular complexity index is 496. The van der Waals surface area contributed by atoms with Crippen LogP contribution in [0.15, 0.2) is 4.42 Å². The molecule has 1 aromatic heterocycles. The predicted octanol–water partition coefficient (Wildman–Crippen LogP) is 2.48. The van der Waals surface area contributed by atoms with E-state index in [1.54, 1.807) is 4.90 Å². The number of hydrogen-bond donors (Lipinski definition) is 1. The van der Waals surface area contributed by atoms with E-state index < -0.39 is 0 Å². The Morgan fingerprint density at radius 3 is 2.22 bits per heavy atom. The maximum Gasteiger partial charge on any atom is 0.325 e. The molecule has 0 bridgehead atoms. The van der Waals surface area contributed by atoms with Gasteiger partial charge >= 0.3 is 12.0 Å². The number of aryl methyl sites for hydroxylation is 2. The van der Waals surface area contributed by atoms with Crippen LogP contribution in [-0.2, 0) is 9.47 Å². The van der Waals surface area contributed by atoms with Crippen molar-refractivity contribution >= 4 is 12.0 Å². The van der Waals surface area contributed by atoms with Gasteiger partial charge < -0.3 is 18.8 Å². The molecule has 2 aliphatic heterocycles. The summed E-state index contributed by atoms with van der Waals surface area (Å²) in [4.78, 5) is 18.6. The summed E-state index contributed by atoms with van der Waals surface area (Å²) in [6, 6.07) is 0.0342. The highest BCUT2D eigenvalue weighted by Crippen LogP contribution is 2.19. The third-order valence-corrected chi connectivity index (χ3v) is 4.43. The molecule has 1 N–H and O–H groups in total. The highest BCUT2D eigenvalue weighted by molar-refractivity contribution is 5.87. The SMILES string of the molecule is Cc1nc(NC(=O)N(C[C@@H]2CCCO2)C[C@@H]2CCCO2)oc1C. The van der Waals surface area contributed by atoms with Crippen molar-refractivity contribution in [3.05, 3.63) is 11.5 Å². The van der Waals surface area contributed by atoms with Crippen LogP contribution in [0.1, 0.15) is 37.1 Å². The zero-order chi connectivity index (χ0) is 16.2. The third-order valence-electron chi connectivity index (χ3n) is 4.43. The van der Waals surface area contributed by atoms with Gasteiger partial charge in [-0.25, -0.2) is 4.79 Å². The molecule has 7 heteroatoms. The van der Waals surface area contributed by atoms with Crippen LogP contribution < -0.4 is 5.32 Å². The fourth-order valence-corrected chi connectivity index (χ4v) is 3.01. The van der Waals surface area contributed by atoms with Gasteiger partial charge in [0.05, 0.1) is 17.9 Å². The lowest BCUT2D eigenvalue weighted by Crippen LogP contribution is -2.44. The molecule has 2 saturated heterocycles. The van der Waals surface area contributed by atoms with Gasteiger partial charge in [-0.05, 0) is 39.5 Å². The van der Waals surface area contributed by atoms with Gasteiger partial charge in [-0.15, -0.1) is 0 Å². The van der Waals surface area contributed by atoms with E-state index in [-0.39, 0.29) is 24.3 Å². The largest absolute Gasteiger partial charge is 0.428 e. The van der Waals surface area contributed by atoms with Gasteiger partial charge in [0.1, 0.15) is 5.76 Å². The number of hydrogen-bond acceptors (Lipinski definition) is 5. The first kappa shape index (κ1) is 16.3. The average molecular weight is 323 g/mol. The predicted molar refractivity (Wildman–Crippen MR) is 84.5 cm³/mol. The Morgan fingerprint density at radius 1 is 1.17 bits per heavy atom. The summed E-state index contributed by atoms with van der Waals surface area (Å²) in [6.07, 6.45) is 4.31. The summed E-state index contributed by atoms with van der Waals surface area (Å²) in [7, 11) is 0. The van der Waals surface area contributed by atoms with E-state index in [0.717, 1.165) is 44.6 Å². The minimum Gasteiger partial charge on any atom is -0.428 e. The van der Waals surface area contributed by atoms with Crippen molar-refractivity contribution < 1.29 is 18.7 Å². The molecule has 0 unspecified atom stereocenters. The minimum atomic E-state index is -0.211. The fourth-order valence-electron chi connectivity index (χ4n) is 3.01. The van der Waals surface area contributed by atoms with E-state index in [9.17, 15) is 4.79 Å².